The first kappa shape index (κ1) is 16.3. The van der Waals surface area contributed by atoms with Crippen molar-refractivity contribution in [1.29, 1.82) is 0 Å². The lowest BCUT2D eigenvalue weighted by atomic mass is 10.0. The van der Waals surface area contributed by atoms with E-state index >= 15 is 0 Å². The summed E-state index contributed by atoms with van der Waals surface area (Å²) in [6.07, 6.45) is 1.83. The average molecular weight is 342 g/mol. The topological polar surface area (TPSA) is 42.7 Å². The molecule has 0 radical (unpaired) electrons. The van der Waals surface area contributed by atoms with Crippen LogP contribution in [0.1, 0.15) is 25.3 Å². The largest absolute Gasteiger partial charge is 0.340 e. The molecule has 2 aromatic carbocycles. The Labute approximate surface area is 153 Å². The molecule has 0 amide bonds. The molecule has 130 valence electrons. The van der Waals surface area contributed by atoms with Crippen LogP contribution in [0.5, 0.6) is 0 Å². The third kappa shape index (κ3) is 3.06. The van der Waals surface area contributed by atoms with E-state index in [4.69, 9.17) is 4.98 Å². The third-order valence-electron chi connectivity index (χ3n) is 4.65. The molecule has 0 fully saturated rings. The molecule has 4 nitrogen and oxygen atoms in total. The van der Waals surface area contributed by atoms with E-state index < -0.39 is 0 Å². The Bertz CT molecular complexity index is 1030. The standard InChI is InChI=1S/C22H22N4/c1-15(2)16-9-11-18(12-10-16)24-21-13-20-19(14-23-21)25-22(26(20)3)17-7-5-4-6-8-17/h4-15H,1-3H3,(H,23,24). The zero-order chi connectivity index (χ0) is 18.1. The monoisotopic (exact) mass is 342 g/mol. The average Bonchev–Trinajstić information content (AvgIpc) is 2.99. The molecular weight excluding hydrogens is 320 g/mol. The van der Waals surface area contributed by atoms with Gasteiger partial charge in [0.25, 0.3) is 0 Å². The van der Waals surface area contributed by atoms with Gasteiger partial charge in [-0.15, -0.1) is 0 Å². The van der Waals surface area contributed by atoms with E-state index in [1.165, 1.54) is 5.56 Å². The van der Waals surface area contributed by atoms with E-state index in [0.29, 0.717) is 5.92 Å². The van der Waals surface area contributed by atoms with Gasteiger partial charge in [0, 0.05) is 24.4 Å². The maximum absolute atomic E-state index is 4.73. The van der Waals surface area contributed by atoms with Crippen molar-refractivity contribution in [2.45, 2.75) is 19.8 Å². The van der Waals surface area contributed by atoms with Crippen LogP contribution in [0.15, 0.2) is 66.9 Å². The van der Waals surface area contributed by atoms with Crippen molar-refractivity contribution in [3.05, 3.63) is 72.4 Å². The van der Waals surface area contributed by atoms with E-state index in [1.807, 2.05) is 37.5 Å². The van der Waals surface area contributed by atoms with Gasteiger partial charge in [0.2, 0.25) is 0 Å². The quantitative estimate of drug-likeness (QED) is 0.532. The fourth-order valence-corrected chi connectivity index (χ4v) is 3.11. The van der Waals surface area contributed by atoms with E-state index in [2.05, 4.69) is 65.1 Å². The van der Waals surface area contributed by atoms with Crippen molar-refractivity contribution in [2.75, 3.05) is 5.32 Å². The number of rotatable bonds is 4. The number of fused-ring (bicyclic) bond motifs is 1. The van der Waals surface area contributed by atoms with Gasteiger partial charge in [-0.3, -0.25) is 0 Å². The first-order valence-electron chi connectivity index (χ1n) is 8.86. The van der Waals surface area contributed by atoms with Gasteiger partial charge in [0.1, 0.15) is 17.2 Å². The maximum atomic E-state index is 4.73. The summed E-state index contributed by atoms with van der Waals surface area (Å²) in [6.45, 7) is 4.40. The SMILES string of the molecule is CC(C)c1ccc(Nc2cc3c(cn2)nc(-c2ccccc2)n3C)cc1. The van der Waals surface area contributed by atoms with Crippen molar-refractivity contribution < 1.29 is 0 Å². The fraction of sp³-hybridized carbons (Fsp3) is 0.182. The number of anilines is 2. The second kappa shape index (κ2) is 6.64. The first-order valence-corrected chi connectivity index (χ1v) is 8.86. The number of nitrogens with one attached hydrogen (secondary N) is 1. The lowest BCUT2D eigenvalue weighted by molar-refractivity contribution is 0.867. The lowest BCUT2D eigenvalue weighted by Crippen LogP contribution is -1.96. The Hall–Kier alpha value is -3.14. The predicted octanol–water partition coefficient (Wildman–Crippen LogP) is 5.50. The Balaban J connectivity index is 1.66. The fourth-order valence-electron chi connectivity index (χ4n) is 3.11. The van der Waals surface area contributed by atoms with Crippen molar-refractivity contribution in [3.8, 4) is 11.4 Å². The minimum absolute atomic E-state index is 0.532. The summed E-state index contributed by atoms with van der Waals surface area (Å²) >= 11 is 0. The zero-order valence-electron chi connectivity index (χ0n) is 15.3. The zero-order valence-corrected chi connectivity index (χ0v) is 15.3. The molecule has 26 heavy (non-hydrogen) atoms. The summed E-state index contributed by atoms with van der Waals surface area (Å²) in [5.74, 6) is 2.29. The Morgan fingerprint density at radius 1 is 0.962 bits per heavy atom. The van der Waals surface area contributed by atoms with Gasteiger partial charge in [-0.05, 0) is 23.6 Å². The highest BCUT2D eigenvalue weighted by molar-refractivity contribution is 5.82. The van der Waals surface area contributed by atoms with E-state index in [0.717, 1.165) is 33.9 Å². The summed E-state index contributed by atoms with van der Waals surface area (Å²) in [5.41, 5.74) is 5.42. The van der Waals surface area contributed by atoms with Gasteiger partial charge in [-0.25, -0.2) is 9.97 Å². The number of hydrogen-bond donors (Lipinski definition) is 1. The molecule has 2 heterocycles. The number of pyridine rings is 1. The highest BCUT2D eigenvalue weighted by Crippen LogP contribution is 2.26. The van der Waals surface area contributed by atoms with Gasteiger partial charge < -0.3 is 9.88 Å². The summed E-state index contributed by atoms with van der Waals surface area (Å²) in [5, 5.41) is 3.39. The number of nitrogens with zero attached hydrogens (tertiary/aromatic N) is 3. The maximum Gasteiger partial charge on any atom is 0.140 e. The lowest BCUT2D eigenvalue weighted by Gasteiger charge is -2.09. The normalized spacial score (nSPS) is 11.2. The molecule has 0 bridgehead atoms. The van der Waals surface area contributed by atoms with Crippen molar-refractivity contribution >= 4 is 22.5 Å². The van der Waals surface area contributed by atoms with Crippen LogP contribution in [-0.4, -0.2) is 14.5 Å². The molecule has 1 N–H and O–H groups in total. The molecule has 0 saturated carbocycles. The molecule has 0 atom stereocenters. The molecule has 4 heteroatoms. The molecule has 0 saturated heterocycles. The molecule has 0 spiro atoms. The van der Waals surface area contributed by atoms with Crippen LogP contribution in [0.2, 0.25) is 0 Å². The summed E-state index contributed by atoms with van der Waals surface area (Å²) < 4.78 is 2.11. The second-order valence-electron chi connectivity index (χ2n) is 6.82. The number of hydrogen-bond acceptors (Lipinski definition) is 3. The van der Waals surface area contributed by atoms with Crippen molar-refractivity contribution in [2.24, 2.45) is 7.05 Å². The van der Waals surface area contributed by atoms with Gasteiger partial charge in [0.15, 0.2) is 0 Å². The first-order chi connectivity index (χ1) is 12.6. The molecular formula is C22H22N4. The Morgan fingerprint density at radius 2 is 1.69 bits per heavy atom. The second-order valence-corrected chi connectivity index (χ2v) is 6.82. The van der Waals surface area contributed by atoms with E-state index in [-0.39, 0.29) is 0 Å². The van der Waals surface area contributed by atoms with E-state index in [9.17, 15) is 0 Å². The summed E-state index contributed by atoms with van der Waals surface area (Å²) in [7, 11) is 2.04. The van der Waals surface area contributed by atoms with Crippen molar-refractivity contribution in [3.63, 3.8) is 0 Å². The smallest absolute Gasteiger partial charge is 0.140 e. The molecule has 2 aromatic heterocycles. The van der Waals surface area contributed by atoms with Crippen LogP contribution in [0.3, 0.4) is 0 Å². The van der Waals surface area contributed by atoms with Crippen LogP contribution in [-0.2, 0) is 7.05 Å². The van der Waals surface area contributed by atoms with Gasteiger partial charge >= 0.3 is 0 Å². The minimum Gasteiger partial charge on any atom is -0.340 e. The number of benzene rings is 2. The Morgan fingerprint density at radius 3 is 2.38 bits per heavy atom. The van der Waals surface area contributed by atoms with Gasteiger partial charge in [-0.1, -0.05) is 56.3 Å². The summed E-state index contributed by atoms with van der Waals surface area (Å²) in [6, 6.07) is 20.8. The molecule has 0 aliphatic rings. The third-order valence-corrected chi connectivity index (χ3v) is 4.65. The van der Waals surface area contributed by atoms with Crippen LogP contribution in [0.25, 0.3) is 22.4 Å². The number of imidazole rings is 1. The highest BCUT2D eigenvalue weighted by atomic mass is 15.1. The minimum atomic E-state index is 0.532. The molecule has 0 aliphatic carbocycles. The van der Waals surface area contributed by atoms with Gasteiger partial charge in [-0.2, -0.15) is 0 Å². The molecule has 4 aromatic rings. The molecule has 0 unspecified atom stereocenters. The van der Waals surface area contributed by atoms with Crippen LogP contribution in [0, 0.1) is 0 Å². The summed E-state index contributed by atoms with van der Waals surface area (Å²) in [4.78, 5) is 9.26. The molecule has 4 rings (SSSR count). The van der Waals surface area contributed by atoms with Gasteiger partial charge in [0.05, 0.1) is 11.7 Å². The number of aromatic nitrogens is 3. The van der Waals surface area contributed by atoms with Crippen molar-refractivity contribution in [1.82, 2.24) is 14.5 Å². The highest BCUT2D eigenvalue weighted by Gasteiger charge is 2.11. The van der Waals surface area contributed by atoms with Crippen LogP contribution in [0.4, 0.5) is 11.5 Å². The Kier molecular flexibility index (Phi) is 4.17. The van der Waals surface area contributed by atoms with E-state index in [1.54, 1.807) is 0 Å². The predicted molar refractivity (Wildman–Crippen MR) is 108 cm³/mol. The molecule has 0 aliphatic heterocycles. The number of aryl methyl sites for hydroxylation is 1. The van der Waals surface area contributed by atoms with Crippen LogP contribution < -0.4 is 5.32 Å². The van der Waals surface area contributed by atoms with Crippen LogP contribution >= 0.6 is 0 Å².